The fourth-order valence-electron chi connectivity index (χ4n) is 1.75. The van der Waals surface area contributed by atoms with Crippen LogP contribution >= 0.6 is 0 Å². The Hall–Kier alpha value is -1.68. The van der Waals surface area contributed by atoms with Gasteiger partial charge in [-0.2, -0.15) is 0 Å². The van der Waals surface area contributed by atoms with Crippen LogP contribution < -0.4 is 10.4 Å². The molecule has 0 spiro atoms. The first-order chi connectivity index (χ1) is 9.01. The lowest BCUT2D eigenvalue weighted by molar-refractivity contribution is 0.414. The smallest absolute Gasteiger partial charge is 0.336 e. The van der Waals surface area contributed by atoms with Crippen molar-refractivity contribution < 1.29 is 9.15 Å². The fraction of sp³-hybridized carbons (Fsp3) is 0.267. The lowest BCUT2D eigenvalue weighted by Gasteiger charge is -2.04. The highest BCUT2D eigenvalue weighted by atomic mass is 32.2. The Morgan fingerprint density at radius 1 is 1.32 bits per heavy atom. The van der Waals surface area contributed by atoms with Gasteiger partial charge in [0.05, 0.1) is 7.11 Å². The third kappa shape index (κ3) is 3.01. The van der Waals surface area contributed by atoms with E-state index < -0.39 is 0 Å². The minimum atomic E-state index is -0.341. The Labute approximate surface area is 115 Å². The van der Waals surface area contributed by atoms with E-state index in [1.54, 1.807) is 13.2 Å². The molecule has 19 heavy (non-hydrogen) atoms. The van der Waals surface area contributed by atoms with Crippen molar-refractivity contribution >= 4 is 27.9 Å². The number of ether oxygens (including phenoxy) is 1. The minimum Gasteiger partial charge on any atom is -0.497 e. The van der Waals surface area contributed by atoms with E-state index in [9.17, 15) is 4.79 Å². The maximum atomic E-state index is 11.6. The Kier molecular flexibility index (Phi) is 4.00. The molecule has 0 aliphatic carbocycles. The zero-order valence-corrected chi connectivity index (χ0v) is 12.3. The molecule has 0 unspecified atom stereocenters. The van der Waals surface area contributed by atoms with Gasteiger partial charge < -0.3 is 9.15 Å². The molecular formula is C15H17O3S+. The molecule has 0 atom stereocenters. The number of hydrogen-bond acceptors (Lipinski definition) is 3. The van der Waals surface area contributed by atoms with Crippen molar-refractivity contribution in [3.8, 4) is 5.75 Å². The molecule has 0 saturated carbocycles. The van der Waals surface area contributed by atoms with Gasteiger partial charge in [0.2, 0.25) is 0 Å². The fourth-order valence-corrected chi connectivity index (χ4v) is 2.11. The summed E-state index contributed by atoms with van der Waals surface area (Å²) in [4.78, 5) is 12.9. The maximum Gasteiger partial charge on any atom is 0.336 e. The van der Waals surface area contributed by atoms with Gasteiger partial charge in [0.25, 0.3) is 0 Å². The second kappa shape index (κ2) is 5.53. The van der Waals surface area contributed by atoms with Gasteiger partial charge in [-0.1, -0.05) is 0 Å². The minimum absolute atomic E-state index is 0.187. The van der Waals surface area contributed by atoms with Crippen molar-refractivity contribution in [2.75, 3.05) is 19.6 Å². The van der Waals surface area contributed by atoms with Crippen LogP contribution in [0.25, 0.3) is 17.0 Å². The molecule has 0 fully saturated rings. The van der Waals surface area contributed by atoms with Crippen LogP contribution in [-0.2, 0) is 10.9 Å². The number of benzene rings is 1. The summed E-state index contributed by atoms with van der Waals surface area (Å²) >= 11 is 0. The summed E-state index contributed by atoms with van der Waals surface area (Å²) in [7, 11) is 1.78. The monoisotopic (exact) mass is 277 g/mol. The summed E-state index contributed by atoms with van der Waals surface area (Å²) in [5.74, 6) is 0.680. The lowest BCUT2D eigenvalue weighted by atomic mass is 10.1. The number of rotatable bonds is 3. The first-order valence-corrected chi connectivity index (χ1v) is 7.93. The predicted octanol–water partition coefficient (Wildman–Crippen LogP) is 3.04. The van der Waals surface area contributed by atoms with Gasteiger partial charge in [0.1, 0.15) is 28.7 Å². The Bertz CT molecular complexity index is 683. The van der Waals surface area contributed by atoms with Crippen LogP contribution in [0.15, 0.2) is 38.4 Å². The predicted molar refractivity (Wildman–Crippen MR) is 81.9 cm³/mol. The Balaban J connectivity index is 2.67. The van der Waals surface area contributed by atoms with Gasteiger partial charge in [-0.25, -0.2) is 4.79 Å². The molecule has 2 aromatic rings. The molecule has 0 aliphatic rings. The van der Waals surface area contributed by atoms with Crippen molar-refractivity contribution in [3.63, 3.8) is 0 Å². The van der Waals surface area contributed by atoms with Gasteiger partial charge in [0, 0.05) is 35.3 Å². The largest absolute Gasteiger partial charge is 0.497 e. The number of allylic oxidation sites excluding steroid dienone is 1. The van der Waals surface area contributed by atoms with Crippen molar-refractivity contribution in [3.05, 3.63) is 45.2 Å². The standard InChI is InChI=1S/C15H17O3S/c1-10(19(3)4)7-11-8-15(16)18-14-9-12(17-2)5-6-13(11)14/h5-9H,1-4H3/q+1/b10-7-. The van der Waals surface area contributed by atoms with E-state index in [4.69, 9.17) is 9.15 Å². The van der Waals surface area contributed by atoms with E-state index >= 15 is 0 Å². The first-order valence-electron chi connectivity index (χ1n) is 5.89. The summed E-state index contributed by atoms with van der Waals surface area (Å²) in [5, 5.41) is 0.921. The number of hydrogen-bond donors (Lipinski definition) is 0. The van der Waals surface area contributed by atoms with Crippen LogP contribution in [-0.4, -0.2) is 19.6 Å². The molecule has 0 N–H and O–H groups in total. The number of fused-ring (bicyclic) bond motifs is 1. The van der Waals surface area contributed by atoms with Gasteiger partial charge in [-0.05, 0) is 23.8 Å². The quantitative estimate of drug-likeness (QED) is 0.639. The average molecular weight is 277 g/mol. The second-order valence-electron chi connectivity index (χ2n) is 4.45. The number of methoxy groups -OCH3 is 1. The van der Waals surface area contributed by atoms with E-state index in [-0.39, 0.29) is 16.5 Å². The van der Waals surface area contributed by atoms with Crippen LogP contribution in [0.4, 0.5) is 0 Å². The first kappa shape index (κ1) is 13.7. The topological polar surface area (TPSA) is 39.4 Å². The zero-order valence-electron chi connectivity index (χ0n) is 11.5. The molecule has 0 bridgehead atoms. The van der Waals surface area contributed by atoms with E-state index in [1.165, 1.54) is 11.0 Å². The van der Waals surface area contributed by atoms with Crippen LogP contribution in [0.3, 0.4) is 0 Å². The van der Waals surface area contributed by atoms with Crippen molar-refractivity contribution in [2.24, 2.45) is 0 Å². The molecule has 0 amide bonds. The highest BCUT2D eigenvalue weighted by molar-refractivity contribution is 7.99. The van der Waals surface area contributed by atoms with E-state index in [1.807, 2.05) is 12.1 Å². The Morgan fingerprint density at radius 2 is 2.05 bits per heavy atom. The molecule has 0 radical (unpaired) electrons. The van der Waals surface area contributed by atoms with E-state index in [2.05, 4.69) is 25.5 Å². The molecule has 2 rings (SSSR count). The van der Waals surface area contributed by atoms with Gasteiger partial charge in [-0.3, -0.25) is 0 Å². The van der Waals surface area contributed by atoms with Crippen LogP contribution in [0.2, 0.25) is 0 Å². The summed E-state index contributed by atoms with van der Waals surface area (Å²) in [6, 6.07) is 7.05. The van der Waals surface area contributed by atoms with Crippen LogP contribution in [0.5, 0.6) is 5.75 Å². The van der Waals surface area contributed by atoms with Crippen molar-refractivity contribution in [1.29, 1.82) is 0 Å². The van der Waals surface area contributed by atoms with Gasteiger partial charge in [-0.15, -0.1) is 0 Å². The molecule has 0 aliphatic heterocycles. The molecule has 1 aromatic carbocycles. The molecule has 100 valence electrons. The molecular weight excluding hydrogens is 260 g/mol. The molecule has 3 nitrogen and oxygen atoms in total. The van der Waals surface area contributed by atoms with Crippen LogP contribution in [0.1, 0.15) is 12.5 Å². The SMILES string of the molecule is COc1ccc2c(/C=C(/C)[S+](C)C)cc(=O)oc2c1. The highest BCUT2D eigenvalue weighted by Gasteiger charge is 2.10. The van der Waals surface area contributed by atoms with Gasteiger partial charge in [0.15, 0.2) is 0 Å². The van der Waals surface area contributed by atoms with Crippen molar-refractivity contribution in [2.45, 2.75) is 6.92 Å². The van der Waals surface area contributed by atoms with E-state index in [0.717, 1.165) is 10.9 Å². The lowest BCUT2D eigenvalue weighted by Crippen LogP contribution is -2.00. The summed E-state index contributed by atoms with van der Waals surface area (Å²) in [6.45, 7) is 2.08. The summed E-state index contributed by atoms with van der Waals surface area (Å²) in [6.07, 6.45) is 6.36. The third-order valence-corrected chi connectivity index (χ3v) is 4.39. The van der Waals surface area contributed by atoms with E-state index in [0.29, 0.717) is 11.3 Å². The van der Waals surface area contributed by atoms with Crippen molar-refractivity contribution in [1.82, 2.24) is 0 Å². The average Bonchev–Trinajstić information content (AvgIpc) is 2.37. The molecule has 1 aromatic heterocycles. The maximum absolute atomic E-state index is 11.6. The molecule has 1 heterocycles. The zero-order chi connectivity index (χ0) is 14.0. The molecule has 4 heteroatoms. The van der Waals surface area contributed by atoms with Crippen LogP contribution in [0, 0.1) is 0 Å². The molecule has 0 saturated heterocycles. The summed E-state index contributed by atoms with van der Waals surface area (Å²) < 4.78 is 10.4. The highest BCUT2D eigenvalue weighted by Crippen LogP contribution is 2.24. The second-order valence-corrected chi connectivity index (χ2v) is 6.73. The summed E-state index contributed by atoms with van der Waals surface area (Å²) in [5.41, 5.74) is 1.11. The third-order valence-electron chi connectivity index (χ3n) is 2.99. The normalized spacial score (nSPS) is 12.2. The van der Waals surface area contributed by atoms with Gasteiger partial charge >= 0.3 is 5.63 Å². The Morgan fingerprint density at radius 3 is 2.68 bits per heavy atom.